The number of nitrogens with zero attached hydrogens (tertiary/aromatic N) is 1. The van der Waals surface area contributed by atoms with Crippen molar-refractivity contribution in [3.63, 3.8) is 0 Å². The van der Waals surface area contributed by atoms with Crippen molar-refractivity contribution in [2.45, 2.75) is 31.5 Å². The summed E-state index contributed by atoms with van der Waals surface area (Å²) in [5.41, 5.74) is 2.85. The van der Waals surface area contributed by atoms with E-state index in [1.807, 2.05) is 36.4 Å². The van der Waals surface area contributed by atoms with Gasteiger partial charge < -0.3 is 24.3 Å². The first kappa shape index (κ1) is 22.2. The Morgan fingerprint density at radius 3 is 2.71 bits per heavy atom. The Morgan fingerprint density at radius 2 is 1.89 bits per heavy atom. The number of amides is 1. The molecule has 0 bridgehead atoms. The first-order valence-corrected chi connectivity index (χ1v) is 12.7. The molecule has 1 fully saturated rings. The maximum absolute atomic E-state index is 12.7. The number of nitrogens with one attached hydrogen (secondary N) is 1. The van der Waals surface area contributed by atoms with Crippen LogP contribution in [0.3, 0.4) is 0 Å². The van der Waals surface area contributed by atoms with E-state index in [1.54, 1.807) is 17.4 Å². The van der Waals surface area contributed by atoms with E-state index < -0.39 is 5.60 Å². The minimum Gasteiger partial charge on any atom is -0.454 e. The van der Waals surface area contributed by atoms with Crippen molar-refractivity contribution in [1.82, 2.24) is 10.2 Å². The fourth-order valence-corrected chi connectivity index (χ4v) is 5.44. The quantitative estimate of drug-likeness (QED) is 0.410. The minimum atomic E-state index is -0.877. The fraction of sp³-hybridized carbons (Fsp3) is 0.296. The molecule has 0 spiro atoms. The van der Waals surface area contributed by atoms with Crippen LogP contribution in [0, 0.1) is 0 Å². The topological polar surface area (TPSA) is 84.2 Å². The molecule has 180 valence electrons. The van der Waals surface area contributed by atoms with Crippen LogP contribution in [-0.2, 0) is 18.7 Å². The van der Waals surface area contributed by atoms with Gasteiger partial charge in [-0.15, -0.1) is 0 Å². The van der Waals surface area contributed by atoms with Gasteiger partial charge in [0.2, 0.25) is 6.79 Å². The Balaban J connectivity index is 1.11. The Hall–Kier alpha value is -3.33. The summed E-state index contributed by atoms with van der Waals surface area (Å²) in [6.45, 7) is 3.16. The average Bonchev–Trinajstić information content (AvgIpc) is 3.64. The molecular formula is C27H26N2O5S. The molecule has 8 heteroatoms. The van der Waals surface area contributed by atoms with E-state index in [4.69, 9.17) is 13.9 Å². The predicted molar refractivity (Wildman–Crippen MR) is 133 cm³/mol. The number of carbonyl (C=O) groups excluding carboxylic acids is 1. The van der Waals surface area contributed by atoms with Gasteiger partial charge in [0.25, 0.3) is 5.91 Å². The molecule has 2 aliphatic rings. The molecule has 7 nitrogen and oxygen atoms in total. The van der Waals surface area contributed by atoms with Crippen LogP contribution in [0.2, 0.25) is 0 Å². The summed E-state index contributed by atoms with van der Waals surface area (Å²) in [5.74, 6) is 1.35. The van der Waals surface area contributed by atoms with Crippen molar-refractivity contribution in [3.05, 3.63) is 81.7 Å². The van der Waals surface area contributed by atoms with Crippen molar-refractivity contribution >= 4 is 28.2 Å². The van der Waals surface area contributed by atoms with Crippen LogP contribution in [-0.4, -0.2) is 35.8 Å². The van der Waals surface area contributed by atoms with Crippen LogP contribution >= 0.6 is 11.3 Å². The standard InChI is InChI=1S/C27H26N2O5S/c30-26(28-14-18-1-3-23-24(11-18)33-17-32-23)25-13-20-12-21(2-4-22(20)34-25)27(31)6-8-29(9-7-27)15-19-5-10-35-16-19/h1-5,10-13,16,31H,6-9,14-15,17H2,(H,28,30). The number of piperidine rings is 1. The third-order valence-electron chi connectivity index (χ3n) is 6.84. The van der Waals surface area contributed by atoms with Gasteiger partial charge in [0.15, 0.2) is 17.3 Å². The van der Waals surface area contributed by atoms with Gasteiger partial charge >= 0.3 is 0 Å². The number of hydrogen-bond donors (Lipinski definition) is 2. The third-order valence-corrected chi connectivity index (χ3v) is 7.57. The monoisotopic (exact) mass is 490 g/mol. The van der Waals surface area contributed by atoms with Gasteiger partial charge in [-0.1, -0.05) is 12.1 Å². The largest absolute Gasteiger partial charge is 0.454 e. The fourth-order valence-electron chi connectivity index (χ4n) is 4.78. The normalized spacial score (nSPS) is 17.1. The SMILES string of the molecule is O=C(NCc1ccc2c(c1)OCO2)c1cc2cc(C3(O)CCN(Cc4ccsc4)CC3)ccc2o1. The molecule has 6 rings (SSSR count). The molecule has 0 aliphatic carbocycles. The number of carbonyl (C=O) groups is 1. The van der Waals surface area contributed by atoms with E-state index in [-0.39, 0.29) is 18.5 Å². The number of benzene rings is 2. The number of hydrogen-bond acceptors (Lipinski definition) is 7. The summed E-state index contributed by atoms with van der Waals surface area (Å²) >= 11 is 1.71. The van der Waals surface area contributed by atoms with Crippen LogP contribution in [0.1, 0.15) is 40.1 Å². The van der Waals surface area contributed by atoms with Gasteiger partial charge in [0, 0.05) is 31.6 Å². The maximum Gasteiger partial charge on any atom is 0.287 e. The summed E-state index contributed by atoms with van der Waals surface area (Å²) in [5, 5.41) is 19.4. The molecule has 2 aromatic heterocycles. The number of thiophene rings is 1. The molecule has 0 atom stereocenters. The molecular weight excluding hydrogens is 464 g/mol. The van der Waals surface area contributed by atoms with E-state index in [1.165, 1.54) is 5.56 Å². The molecule has 4 aromatic rings. The zero-order chi connectivity index (χ0) is 23.8. The van der Waals surface area contributed by atoms with Crippen molar-refractivity contribution in [2.75, 3.05) is 19.9 Å². The maximum atomic E-state index is 12.7. The Bertz CT molecular complexity index is 1360. The van der Waals surface area contributed by atoms with Gasteiger partial charge in [-0.25, -0.2) is 0 Å². The highest BCUT2D eigenvalue weighted by Gasteiger charge is 2.34. The molecule has 0 saturated carbocycles. The van der Waals surface area contributed by atoms with Crippen LogP contribution in [0.15, 0.2) is 63.7 Å². The Labute approximate surface area is 206 Å². The zero-order valence-electron chi connectivity index (χ0n) is 19.2. The molecule has 35 heavy (non-hydrogen) atoms. The summed E-state index contributed by atoms with van der Waals surface area (Å²) < 4.78 is 16.5. The lowest BCUT2D eigenvalue weighted by Crippen LogP contribution is -2.42. The minimum absolute atomic E-state index is 0.217. The first-order valence-electron chi connectivity index (χ1n) is 11.7. The third kappa shape index (κ3) is 4.52. The van der Waals surface area contributed by atoms with Gasteiger partial charge in [0.1, 0.15) is 5.58 Å². The second kappa shape index (κ2) is 9.03. The lowest BCUT2D eigenvalue weighted by molar-refractivity contribution is -0.0276. The zero-order valence-corrected chi connectivity index (χ0v) is 20.0. The number of fused-ring (bicyclic) bond motifs is 2. The molecule has 1 saturated heterocycles. The highest BCUT2D eigenvalue weighted by Crippen LogP contribution is 2.36. The summed E-state index contributed by atoms with van der Waals surface area (Å²) in [4.78, 5) is 15.1. The van der Waals surface area contributed by atoms with Crippen molar-refractivity contribution in [2.24, 2.45) is 0 Å². The second-order valence-corrected chi connectivity index (χ2v) is 9.95. The number of furan rings is 1. The highest BCUT2D eigenvalue weighted by molar-refractivity contribution is 7.07. The van der Waals surface area contributed by atoms with Crippen molar-refractivity contribution in [3.8, 4) is 11.5 Å². The lowest BCUT2D eigenvalue weighted by atomic mass is 9.84. The lowest BCUT2D eigenvalue weighted by Gasteiger charge is -2.38. The smallest absolute Gasteiger partial charge is 0.287 e. The number of aliphatic hydroxyl groups is 1. The number of ether oxygens (including phenoxy) is 2. The van der Waals surface area contributed by atoms with E-state index in [2.05, 4.69) is 27.0 Å². The van der Waals surface area contributed by atoms with Gasteiger partial charge in [-0.3, -0.25) is 9.69 Å². The first-order chi connectivity index (χ1) is 17.1. The van der Waals surface area contributed by atoms with E-state index in [0.717, 1.165) is 36.1 Å². The highest BCUT2D eigenvalue weighted by atomic mass is 32.1. The molecule has 1 amide bonds. The van der Waals surface area contributed by atoms with Gasteiger partial charge in [-0.05, 0) is 76.7 Å². The summed E-state index contributed by atoms with van der Waals surface area (Å²) in [7, 11) is 0. The molecule has 4 heterocycles. The van der Waals surface area contributed by atoms with E-state index in [0.29, 0.717) is 36.5 Å². The summed E-state index contributed by atoms with van der Waals surface area (Å²) in [6.07, 6.45) is 1.34. The molecule has 0 radical (unpaired) electrons. The van der Waals surface area contributed by atoms with Crippen LogP contribution < -0.4 is 14.8 Å². The summed E-state index contributed by atoms with van der Waals surface area (Å²) in [6, 6.07) is 15.2. The van der Waals surface area contributed by atoms with Crippen LogP contribution in [0.25, 0.3) is 11.0 Å². The van der Waals surface area contributed by atoms with Crippen molar-refractivity contribution in [1.29, 1.82) is 0 Å². The van der Waals surface area contributed by atoms with Crippen molar-refractivity contribution < 1.29 is 23.8 Å². The van der Waals surface area contributed by atoms with Gasteiger partial charge in [0.05, 0.1) is 5.60 Å². The number of likely N-dealkylation sites (tertiary alicyclic amines) is 1. The Morgan fingerprint density at radius 1 is 1.03 bits per heavy atom. The second-order valence-electron chi connectivity index (χ2n) is 9.17. The molecule has 2 N–H and O–H groups in total. The molecule has 0 unspecified atom stereocenters. The average molecular weight is 491 g/mol. The number of rotatable bonds is 6. The van der Waals surface area contributed by atoms with E-state index in [9.17, 15) is 9.90 Å². The van der Waals surface area contributed by atoms with E-state index >= 15 is 0 Å². The van der Waals surface area contributed by atoms with Gasteiger partial charge in [-0.2, -0.15) is 11.3 Å². The van der Waals surface area contributed by atoms with Crippen LogP contribution in [0.5, 0.6) is 11.5 Å². The van der Waals surface area contributed by atoms with Crippen LogP contribution in [0.4, 0.5) is 0 Å². The molecule has 2 aromatic carbocycles. The molecule has 2 aliphatic heterocycles. The predicted octanol–water partition coefficient (Wildman–Crippen LogP) is 4.64. The Kier molecular flexibility index (Phi) is 5.72.